The Bertz CT molecular complexity index is 702. The van der Waals surface area contributed by atoms with Gasteiger partial charge in [0, 0.05) is 5.69 Å². The summed E-state index contributed by atoms with van der Waals surface area (Å²) in [5, 5.41) is 13.8. The van der Waals surface area contributed by atoms with E-state index in [4.69, 9.17) is 10.5 Å². The number of anilines is 3. The van der Waals surface area contributed by atoms with Crippen LogP contribution in [0.15, 0.2) is 30.6 Å². The second kappa shape index (κ2) is 6.48. The van der Waals surface area contributed by atoms with Crippen molar-refractivity contribution in [3.05, 3.63) is 46.3 Å². The molecule has 0 radical (unpaired) electrons. The van der Waals surface area contributed by atoms with Crippen molar-refractivity contribution in [1.29, 1.82) is 0 Å². The van der Waals surface area contributed by atoms with Gasteiger partial charge in [0.25, 0.3) is 0 Å². The van der Waals surface area contributed by atoms with Crippen LogP contribution in [0.3, 0.4) is 0 Å². The van der Waals surface area contributed by atoms with Gasteiger partial charge in [-0.15, -0.1) is 0 Å². The molecule has 0 bridgehead atoms. The molecule has 22 heavy (non-hydrogen) atoms. The predicted octanol–water partition coefficient (Wildman–Crippen LogP) is 1.89. The van der Waals surface area contributed by atoms with E-state index >= 15 is 0 Å². The molecule has 9 nitrogen and oxygen atoms in total. The van der Waals surface area contributed by atoms with E-state index in [0.717, 1.165) is 6.33 Å². The van der Waals surface area contributed by atoms with Gasteiger partial charge in [-0.3, -0.25) is 10.1 Å². The maximum Gasteiger partial charge on any atom is 0.353 e. The van der Waals surface area contributed by atoms with Crippen LogP contribution in [0.1, 0.15) is 17.3 Å². The number of nitro groups is 1. The van der Waals surface area contributed by atoms with Gasteiger partial charge in [0.15, 0.2) is 0 Å². The Hall–Kier alpha value is -3.23. The quantitative estimate of drug-likeness (QED) is 0.486. The molecule has 2 rings (SSSR count). The van der Waals surface area contributed by atoms with E-state index in [0.29, 0.717) is 11.3 Å². The molecule has 0 saturated carbocycles. The normalized spacial score (nSPS) is 10.0. The van der Waals surface area contributed by atoms with Crippen LogP contribution in [-0.2, 0) is 4.74 Å². The van der Waals surface area contributed by atoms with E-state index in [-0.39, 0.29) is 18.2 Å². The molecule has 0 aliphatic carbocycles. The zero-order valence-electron chi connectivity index (χ0n) is 11.6. The lowest BCUT2D eigenvalue weighted by atomic mass is 10.2. The largest absolute Gasteiger partial charge is 0.462 e. The van der Waals surface area contributed by atoms with Gasteiger partial charge in [0.2, 0.25) is 11.6 Å². The average molecular weight is 303 g/mol. The van der Waals surface area contributed by atoms with Crippen LogP contribution in [0.2, 0.25) is 0 Å². The average Bonchev–Trinajstić information content (AvgIpc) is 2.48. The summed E-state index contributed by atoms with van der Waals surface area (Å²) in [5.74, 6) is -0.696. The molecule has 2 aromatic rings. The van der Waals surface area contributed by atoms with Gasteiger partial charge < -0.3 is 15.8 Å². The highest BCUT2D eigenvalue weighted by atomic mass is 16.6. The minimum atomic E-state index is -0.662. The Labute approximate surface area is 125 Å². The van der Waals surface area contributed by atoms with Crippen molar-refractivity contribution in [1.82, 2.24) is 9.97 Å². The maximum absolute atomic E-state index is 11.5. The number of ether oxygens (including phenoxy) is 1. The highest BCUT2D eigenvalue weighted by molar-refractivity contribution is 5.90. The highest BCUT2D eigenvalue weighted by Crippen LogP contribution is 2.29. The molecule has 0 unspecified atom stereocenters. The van der Waals surface area contributed by atoms with E-state index < -0.39 is 16.6 Å². The van der Waals surface area contributed by atoms with Crippen LogP contribution in [0.4, 0.5) is 23.0 Å². The molecule has 0 aliphatic heterocycles. The summed E-state index contributed by atoms with van der Waals surface area (Å²) < 4.78 is 4.87. The van der Waals surface area contributed by atoms with Gasteiger partial charge in [-0.2, -0.15) is 0 Å². The van der Waals surface area contributed by atoms with Crippen molar-refractivity contribution in [2.75, 3.05) is 17.7 Å². The topological polar surface area (TPSA) is 133 Å². The SMILES string of the molecule is CCOC(=O)c1ccc(Nc2ncnc(N)c2[N+](=O)[O-])cc1. The molecule has 0 saturated heterocycles. The van der Waals surface area contributed by atoms with E-state index in [2.05, 4.69) is 15.3 Å². The summed E-state index contributed by atoms with van der Waals surface area (Å²) in [6.07, 6.45) is 1.12. The number of nitrogens with one attached hydrogen (secondary N) is 1. The summed E-state index contributed by atoms with van der Waals surface area (Å²) in [5.41, 5.74) is 5.96. The van der Waals surface area contributed by atoms with Crippen molar-refractivity contribution in [3.63, 3.8) is 0 Å². The number of hydrogen-bond acceptors (Lipinski definition) is 8. The smallest absolute Gasteiger partial charge is 0.353 e. The first-order chi connectivity index (χ1) is 10.5. The third-order valence-corrected chi connectivity index (χ3v) is 2.69. The fraction of sp³-hybridized carbons (Fsp3) is 0.154. The molecule has 0 atom stereocenters. The Balaban J connectivity index is 2.23. The minimum Gasteiger partial charge on any atom is -0.462 e. The second-order valence-electron chi connectivity index (χ2n) is 4.14. The Morgan fingerprint density at radius 2 is 2.05 bits per heavy atom. The minimum absolute atomic E-state index is 0.0265. The first kappa shape index (κ1) is 15.2. The van der Waals surface area contributed by atoms with Gasteiger partial charge in [0.1, 0.15) is 6.33 Å². The van der Waals surface area contributed by atoms with E-state index in [1.54, 1.807) is 19.1 Å². The zero-order valence-corrected chi connectivity index (χ0v) is 11.6. The summed E-state index contributed by atoms with van der Waals surface area (Å²) >= 11 is 0. The summed E-state index contributed by atoms with van der Waals surface area (Å²) in [7, 11) is 0. The van der Waals surface area contributed by atoms with Crippen LogP contribution in [0, 0.1) is 10.1 Å². The number of benzene rings is 1. The van der Waals surface area contributed by atoms with E-state index in [1.165, 1.54) is 12.1 Å². The molecule has 1 aromatic heterocycles. The molecule has 0 aliphatic rings. The highest BCUT2D eigenvalue weighted by Gasteiger charge is 2.21. The number of esters is 1. The van der Waals surface area contributed by atoms with Gasteiger partial charge in [-0.05, 0) is 31.2 Å². The van der Waals surface area contributed by atoms with Crippen LogP contribution >= 0.6 is 0 Å². The number of aromatic nitrogens is 2. The standard InChI is InChI=1S/C13H13N5O4/c1-2-22-13(19)8-3-5-9(6-4-8)17-12-10(18(20)21)11(14)15-7-16-12/h3-7H,2H2,1H3,(H3,14,15,16,17). The number of carbonyl (C=O) groups is 1. The molecule has 1 heterocycles. The van der Waals surface area contributed by atoms with Gasteiger partial charge >= 0.3 is 11.7 Å². The molecule has 9 heteroatoms. The Morgan fingerprint density at radius 3 is 2.64 bits per heavy atom. The molecule has 3 N–H and O–H groups in total. The third-order valence-electron chi connectivity index (χ3n) is 2.69. The second-order valence-corrected chi connectivity index (χ2v) is 4.14. The molecule has 0 fully saturated rings. The van der Waals surface area contributed by atoms with Crippen LogP contribution in [0.5, 0.6) is 0 Å². The van der Waals surface area contributed by atoms with Crippen LogP contribution < -0.4 is 11.1 Å². The zero-order chi connectivity index (χ0) is 16.1. The third kappa shape index (κ3) is 3.26. The molecular weight excluding hydrogens is 290 g/mol. The number of nitrogen functional groups attached to an aromatic ring is 1. The predicted molar refractivity (Wildman–Crippen MR) is 78.8 cm³/mol. The monoisotopic (exact) mass is 303 g/mol. The van der Waals surface area contributed by atoms with Crippen molar-refractivity contribution < 1.29 is 14.5 Å². The van der Waals surface area contributed by atoms with E-state index in [9.17, 15) is 14.9 Å². The maximum atomic E-state index is 11.5. The number of nitrogens with zero attached hydrogens (tertiary/aromatic N) is 3. The molecule has 0 spiro atoms. The number of carbonyl (C=O) groups excluding carboxylic acids is 1. The number of nitrogens with two attached hydrogens (primary N) is 1. The fourth-order valence-electron chi connectivity index (χ4n) is 1.70. The number of hydrogen-bond donors (Lipinski definition) is 2. The van der Waals surface area contributed by atoms with Gasteiger partial charge in [-0.1, -0.05) is 0 Å². The van der Waals surface area contributed by atoms with Crippen LogP contribution in [-0.4, -0.2) is 27.5 Å². The lowest BCUT2D eigenvalue weighted by molar-refractivity contribution is -0.383. The lowest BCUT2D eigenvalue weighted by Crippen LogP contribution is -2.06. The van der Waals surface area contributed by atoms with E-state index in [1.807, 2.05) is 0 Å². The first-order valence-corrected chi connectivity index (χ1v) is 6.32. The van der Waals surface area contributed by atoms with Gasteiger partial charge in [-0.25, -0.2) is 14.8 Å². The summed E-state index contributed by atoms with van der Waals surface area (Å²) in [6, 6.07) is 6.23. The van der Waals surface area contributed by atoms with Crippen LogP contribution in [0.25, 0.3) is 0 Å². The Morgan fingerprint density at radius 1 is 1.36 bits per heavy atom. The van der Waals surface area contributed by atoms with Gasteiger partial charge in [0.05, 0.1) is 17.1 Å². The fourth-order valence-corrected chi connectivity index (χ4v) is 1.70. The van der Waals surface area contributed by atoms with Crippen molar-refractivity contribution in [3.8, 4) is 0 Å². The molecule has 1 aromatic carbocycles. The molecule has 114 valence electrons. The summed E-state index contributed by atoms with van der Waals surface area (Å²) in [4.78, 5) is 29.3. The number of rotatable bonds is 5. The lowest BCUT2D eigenvalue weighted by Gasteiger charge is -2.07. The first-order valence-electron chi connectivity index (χ1n) is 6.32. The molecule has 0 amide bonds. The molecular formula is C13H13N5O4. The van der Waals surface area contributed by atoms with Crippen molar-refractivity contribution in [2.24, 2.45) is 0 Å². The van der Waals surface area contributed by atoms with Crippen molar-refractivity contribution in [2.45, 2.75) is 6.92 Å². The Kier molecular flexibility index (Phi) is 4.47. The summed E-state index contributed by atoms with van der Waals surface area (Å²) in [6.45, 7) is 2.00. The van der Waals surface area contributed by atoms with Crippen molar-refractivity contribution >= 4 is 29.0 Å².